The Balaban J connectivity index is 2.01. The van der Waals surface area contributed by atoms with Crippen LogP contribution in [-0.4, -0.2) is 25.5 Å². The molecule has 0 unspecified atom stereocenters. The van der Waals surface area contributed by atoms with Crippen molar-refractivity contribution in [3.05, 3.63) is 11.6 Å². The first-order chi connectivity index (χ1) is 7.83. The van der Waals surface area contributed by atoms with Crippen molar-refractivity contribution in [2.24, 2.45) is 0 Å². The maximum Gasteiger partial charge on any atom is 0.220 e. The van der Waals surface area contributed by atoms with Gasteiger partial charge in [-0.3, -0.25) is 4.79 Å². The Morgan fingerprint density at radius 2 is 2.38 bits per heavy atom. The number of hydrogen-bond donors (Lipinski definition) is 2. The molecule has 2 N–H and O–H groups in total. The lowest BCUT2D eigenvalue weighted by Gasteiger charge is -2.14. The lowest BCUT2D eigenvalue weighted by Crippen LogP contribution is -2.26. The molecule has 0 aromatic carbocycles. The summed E-state index contributed by atoms with van der Waals surface area (Å²) in [6.07, 6.45) is 8.43. The van der Waals surface area contributed by atoms with Crippen LogP contribution in [0.3, 0.4) is 0 Å². The topological polar surface area (TPSA) is 41.1 Å². The molecule has 0 radical (unpaired) electrons. The number of hydrogen-bond acceptors (Lipinski definition) is 2. The predicted octanol–water partition coefficient (Wildman–Crippen LogP) is 1.99. The van der Waals surface area contributed by atoms with Crippen molar-refractivity contribution in [2.45, 2.75) is 45.4 Å². The van der Waals surface area contributed by atoms with Crippen molar-refractivity contribution in [2.75, 3.05) is 19.6 Å². The Labute approximate surface area is 98.7 Å². The van der Waals surface area contributed by atoms with E-state index in [1.54, 1.807) is 0 Å². The van der Waals surface area contributed by atoms with Gasteiger partial charge in [0.25, 0.3) is 0 Å². The maximum atomic E-state index is 11.4. The number of rotatable bonds is 7. The smallest absolute Gasteiger partial charge is 0.220 e. The number of carbonyl (C=O) groups is 1. The third-order valence-corrected chi connectivity index (χ3v) is 2.93. The van der Waals surface area contributed by atoms with E-state index in [9.17, 15) is 4.79 Å². The molecule has 3 heteroatoms. The summed E-state index contributed by atoms with van der Waals surface area (Å²) in [5, 5.41) is 6.27. The van der Waals surface area contributed by atoms with Crippen LogP contribution >= 0.6 is 0 Å². The van der Waals surface area contributed by atoms with Gasteiger partial charge in [0.05, 0.1) is 0 Å². The van der Waals surface area contributed by atoms with Gasteiger partial charge in [-0.05, 0) is 25.8 Å². The lowest BCUT2D eigenvalue weighted by molar-refractivity contribution is -0.121. The molecule has 0 aliphatic carbocycles. The van der Waals surface area contributed by atoms with E-state index in [0.29, 0.717) is 6.42 Å². The maximum absolute atomic E-state index is 11.4. The summed E-state index contributed by atoms with van der Waals surface area (Å²) in [6.45, 7) is 5.02. The van der Waals surface area contributed by atoms with Gasteiger partial charge in [-0.2, -0.15) is 0 Å². The number of amides is 1. The first-order valence-corrected chi connectivity index (χ1v) is 6.48. The number of nitrogens with one attached hydrogen (secondary N) is 2. The van der Waals surface area contributed by atoms with Crippen LogP contribution in [0.4, 0.5) is 0 Å². The van der Waals surface area contributed by atoms with Gasteiger partial charge in [0.2, 0.25) is 5.91 Å². The van der Waals surface area contributed by atoms with Gasteiger partial charge < -0.3 is 10.6 Å². The molecule has 0 saturated carbocycles. The molecular formula is C13H24N2O. The fraction of sp³-hybridized carbons (Fsp3) is 0.769. The first kappa shape index (κ1) is 13.2. The molecule has 1 aliphatic rings. The second-order valence-electron chi connectivity index (χ2n) is 4.37. The Morgan fingerprint density at radius 3 is 3.06 bits per heavy atom. The molecule has 1 amide bonds. The minimum absolute atomic E-state index is 0.211. The average molecular weight is 224 g/mol. The molecule has 0 saturated heterocycles. The van der Waals surface area contributed by atoms with Crippen LogP contribution in [0.15, 0.2) is 11.6 Å². The second kappa shape index (κ2) is 8.34. The van der Waals surface area contributed by atoms with Gasteiger partial charge in [-0.15, -0.1) is 0 Å². The zero-order valence-corrected chi connectivity index (χ0v) is 10.3. The van der Waals surface area contributed by atoms with Gasteiger partial charge in [-0.1, -0.05) is 31.4 Å². The molecule has 0 bridgehead atoms. The standard InChI is InChI=1S/C13H24N2O/c1-2-3-4-5-13(16)15-11-8-12-6-9-14-10-7-12/h6,14H,2-5,7-11H2,1H3,(H,15,16). The highest BCUT2D eigenvalue weighted by Crippen LogP contribution is 2.08. The Kier molecular flexibility index (Phi) is 6.90. The largest absolute Gasteiger partial charge is 0.356 e. The molecule has 16 heavy (non-hydrogen) atoms. The summed E-state index contributed by atoms with van der Waals surface area (Å²) < 4.78 is 0. The van der Waals surface area contributed by atoms with E-state index < -0.39 is 0 Å². The Morgan fingerprint density at radius 1 is 1.50 bits per heavy atom. The number of unbranched alkanes of at least 4 members (excludes halogenated alkanes) is 2. The summed E-state index contributed by atoms with van der Waals surface area (Å²) >= 11 is 0. The fourth-order valence-corrected chi connectivity index (χ4v) is 1.88. The molecule has 1 aliphatic heterocycles. The van der Waals surface area contributed by atoms with Crippen LogP contribution in [0.1, 0.15) is 45.4 Å². The molecule has 1 heterocycles. The highest BCUT2D eigenvalue weighted by molar-refractivity contribution is 5.75. The predicted molar refractivity (Wildman–Crippen MR) is 67.3 cm³/mol. The lowest BCUT2D eigenvalue weighted by atomic mass is 10.1. The van der Waals surface area contributed by atoms with Gasteiger partial charge in [0, 0.05) is 19.5 Å². The summed E-state index contributed by atoms with van der Waals surface area (Å²) in [5.74, 6) is 0.211. The third kappa shape index (κ3) is 5.91. The van der Waals surface area contributed by atoms with E-state index in [4.69, 9.17) is 0 Å². The van der Waals surface area contributed by atoms with Crippen molar-refractivity contribution in [3.8, 4) is 0 Å². The summed E-state index contributed by atoms with van der Waals surface area (Å²) in [4.78, 5) is 11.4. The van der Waals surface area contributed by atoms with Crippen molar-refractivity contribution in [1.29, 1.82) is 0 Å². The van der Waals surface area contributed by atoms with Crippen LogP contribution in [0.25, 0.3) is 0 Å². The van der Waals surface area contributed by atoms with E-state index >= 15 is 0 Å². The molecule has 0 atom stereocenters. The monoisotopic (exact) mass is 224 g/mol. The molecule has 0 fully saturated rings. The van der Waals surface area contributed by atoms with Gasteiger partial charge in [-0.25, -0.2) is 0 Å². The highest BCUT2D eigenvalue weighted by Gasteiger charge is 2.04. The van der Waals surface area contributed by atoms with E-state index in [-0.39, 0.29) is 5.91 Å². The first-order valence-electron chi connectivity index (χ1n) is 6.48. The summed E-state index contributed by atoms with van der Waals surface area (Å²) in [7, 11) is 0. The molecule has 0 aromatic heterocycles. The molecule has 1 rings (SSSR count). The van der Waals surface area contributed by atoms with Crippen LogP contribution in [-0.2, 0) is 4.79 Å². The van der Waals surface area contributed by atoms with E-state index in [1.165, 1.54) is 12.0 Å². The minimum atomic E-state index is 0.211. The zero-order valence-electron chi connectivity index (χ0n) is 10.3. The highest BCUT2D eigenvalue weighted by atomic mass is 16.1. The molecule has 3 nitrogen and oxygen atoms in total. The minimum Gasteiger partial charge on any atom is -0.356 e. The second-order valence-corrected chi connectivity index (χ2v) is 4.37. The zero-order chi connectivity index (χ0) is 11.6. The number of carbonyl (C=O) groups excluding carboxylic acids is 1. The van der Waals surface area contributed by atoms with Crippen LogP contribution in [0, 0.1) is 0 Å². The average Bonchev–Trinajstić information content (AvgIpc) is 2.31. The molecular weight excluding hydrogens is 200 g/mol. The third-order valence-electron chi connectivity index (χ3n) is 2.93. The van der Waals surface area contributed by atoms with E-state index in [0.717, 1.165) is 45.3 Å². The van der Waals surface area contributed by atoms with Gasteiger partial charge in [0.15, 0.2) is 0 Å². The van der Waals surface area contributed by atoms with Gasteiger partial charge >= 0.3 is 0 Å². The van der Waals surface area contributed by atoms with Crippen LogP contribution < -0.4 is 10.6 Å². The van der Waals surface area contributed by atoms with Crippen LogP contribution in [0.5, 0.6) is 0 Å². The Bertz CT molecular complexity index is 236. The Hall–Kier alpha value is -0.830. The molecule has 0 aromatic rings. The summed E-state index contributed by atoms with van der Waals surface area (Å²) in [6, 6.07) is 0. The van der Waals surface area contributed by atoms with E-state index in [2.05, 4.69) is 23.6 Å². The molecule has 92 valence electrons. The van der Waals surface area contributed by atoms with Crippen molar-refractivity contribution in [3.63, 3.8) is 0 Å². The van der Waals surface area contributed by atoms with Gasteiger partial charge in [0.1, 0.15) is 0 Å². The van der Waals surface area contributed by atoms with Crippen molar-refractivity contribution in [1.82, 2.24) is 10.6 Å². The molecule has 0 spiro atoms. The van der Waals surface area contributed by atoms with Crippen LogP contribution in [0.2, 0.25) is 0 Å². The van der Waals surface area contributed by atoms with Crippen molar-refractivity contribution < 1.29 is 4.79 Å². The normalized spacial score (nSPS) is 15.7. The fourth-order valence-electron chi connectivity index (χ4n) is 1.88. The quantitative estimate of drug-likeness (QED) is 0.513. The van der Waals surface area contributed by atoms with Crippen molar-refractivity contribution >= 4 is 5.91 Å². The SMILES string of the molecule is CCCCCC(=O)NCCC1=CCNCC1. The summed E-state index contributed by atoms with van der Waals surface area (Å²) in [5.41, 5.74) is 1.48. The van der Waals surface area contributed by atoms with E-state index in [1.807, 2.05) is 0 Å².